The number of aryl methyl sites for hydroxylation is 2. The van der Waals surface area contributed by atoms with E-state index in [1.807, 2.05) is 19.9 Å². The monoisotopic (exact) mass is 410 g/mol. The minimum atomic E-state index is -3.97. The topological polar surface area (TPSA) is 107 Å². The lowest BCUT2D eigenvalue weighted by Crippen LogP contribution is -2.52. The Morgan fingerprint density at radius 3 is 2.29 bits per heavy atom. The first-order valence-corrected chi connectivity index (χ1v) is 11.2. The molecule has 1 aliphatic heterocycles. The van der Waals surface area contributed by atoms with Gasteiger partial charge in [-0.15, -0.1) is 0 Å². The van der Waals surface area contributed by atoms with Gasteiger partial charge in [-0.25, -0.2) is 8.42 Å². The molecule has 7 nitrogen and oxygen atoms in total. The van der Waals surface area contributed by atoms with Gasteiger partial charge in [-0.3, -0.25) is 4.79 Å². The molecule has 1 saturated heterocycles. The molecule has 0 bridgehead atoms. The molecule has 8 heteroatoms. The molecule has 1 aromatic rings. The van der Waals surface area contributed by atoms with Crippen molar-refractivity contribution < 1.29 is 23.4 Å². The number of amides is 1. The number of rotatable bonds is 5. The van der Waals surface area contributed by atoms with Crippen molar-refractivity contribution in [2.75, 3.05) is 13.1 Å². The van der Waals surface area contributed by atoms with Crippen LogP contribution in [0, 0.1) is 27.7 Å². The number of sulfonamides is 1. The van der Waals surface area contributed by atoms with Gasteiger partial charge in [-0.1, -0.05) is 6.07 Å². The van der Waals surface area contributed by atoms with E-state index in [-0.39, 0.29) is 24.4 Å². The van der Waals surface area contributed by atoms with Crippen LogP contribution in [0.4, 0.5) is 0 Å². The predicted molar refractivity (Wildman–Crippen MR) is 106 cm³/mol. The molecular weight excluding hydrogens is 380 g/mol. The Balaban J connectivity index is 1.91. The highest BCUT2D eigenvalue weighted by Gasteiger charge is 2.45. The summed E-state index contributed by atoms with van der Waals surface area (Å²) in [6.45, 7) is 7.25. The number of carbonyl (C=O) groups is 1. The number of benzene rings is 1. The second-order valence-electron chi connectivity index (χ2n) is 8.37. The molecule has 156 valence electrons. The summed E-state index contributed by atoms with van der Waals surface area (Å²) in [5, 5.41) is 23.0. The average molecular weight is 411 g/mol. The largest absolute Gasteiger partial charge is 0.392 e. The Kier molecular flexibility index (Phi) is 5.62. The average Bonchev–Trinajstić information content (AvgIpc) is 2.99. The Morgan fingerprint density at radius 1 is 1.21 bits per heavy atom. The summed E-state index contributed by atoms with van der Waals surface area (Å²) < 4.78 is 28.1. The van der Waals surface area contributed by atoms with Gasteiger partial charge in [0.2, 0.25) is 15.9 Å². The number of hydrogen-bond donors (Lipinski definition) is 3. The summed E-state index contributed by atoms with van der Waals surface area (Å²) >= 11 is 0. The SMILES string of the molecule is Cc1cc(C)c(C)c(S(=O)(=O)N2C[C@H](O)C[C@H]2C(=O)NCC2(O)CCC2)c1C. The number of nitrogens with one attached hydrogen (secondary N) is 1. The van der Waals surface area contributed by atoms with Crippen LogP contribution in [-0.4, -0.2) is 59.7 Å². The number of nitrogens with zero attached hydrogens (tertiary/aromatic N) is 1. The lowest BCUT2D eigenvalue weighted by molar-refractivity contribution is -0.126. The maximum Gasteiger partial charge on any atom is 0.244 e. The maximum atomic E-state index is 13.5. The van der Waals surface area contributed by atoms with Crippen LogP contribution < -0.4 is 5.32 Å². The number of β-amino-alcohol motifs (C(OH)–C–C–N with tert-alkyl or cyclic N) is 1. The second-order valence-corrected chi connectivity index (χ2v) is 10.2. The highest BCUT2D eigenvalue weighted by Crippen LogP contribution is 2.34. The number of aliphatic hydroxyl groups excluding tert-OH is 1. The van der Waals surface area contributed by atoms with Crippen molar-refractivity contribution in [2.24, 2.45) is 0 Å². The summed E-state index contributed by atoms with van der Waals surface area (Å²) in [7, 11) is -3.97. The third kappa shape index (κ3) is 3.70. The van der Waals surface area contributed by atoms with Crippen molar-refractivity contribution in [3.63, 3.8) is 0 Å². The van der Waals surface area contributed by atoms with Crippen molar-refractivity contribution in [2.45, 2.75) is 76.0 Å². The van der Waals surface area contributed by atoms with Crippen LogP contribution >= 0.6 is 0 Å². The van der Waals surface area contributed by atoms with E-state index in [2.05, 4.69) is 5.32 Å². The molecule has 1 amide bonds. The van der Waals surface area contributed by atoms with Crippen LogP contribution in [-0.2, 0) is 14.8 Å². The number of hydrogen-bond acceptors (Lipinski definition) is 5. The Bertz CT molecular complexity index is 866. The molecule has 0 aromatic heterocycles. The molecule has 1 saturated carbocycles. The molecule has 1 aromatic carbocycles. The molecule has 1 heterocycles. The Hall–Kier alpha value is -1.48. The normalized spacial score (nSPS) is 24.8. The van der Waals surface area contributed by atoms with Gasteiger partial charge in [-0.2, -0.15) is 4.31 Å². The van der Waals surface area contributed by atoms with Crippen LogP contribution in [0.3, 0.4) is 0 Å². The van der Waals surface area contributed by atoms with E-state index in [1.165, 1.54) is 0 Å². The summed E-state index contributed by atoms with van der Waals surface area (Å²) in [4.78, 5) is 12.9. The van der Waals surface area contributed by atoms with Crippen LogP contribution in [0.1, 0.15) is 47.9 Å². The van der Waals surface area contributed by atoms with Gasteiger partial charge < -0.3 is 15.5 Å². The number of carbonyl (C=O) groups excluding carboxylic acids is 1. The molecule has 3 rings (SSSR count). The maximum absolute atomic E-state index is 13.5. The van der Waals surface area contributed by atoms with Gasteiger partial charge in [0.1, 0.15) is 6.04 Å². The van der Waals surface area contributed by atoms with E-state index >= 15 is 0 Å². The van der Waals surface area contributed by atoms with E-state index in [1.54, 1.807) is 13.8 Å². The second kappa shape index (κ2) is 7.40. The van der Waals surface area contributed by atoms with Gasteiger partial charge in [0.15, 0.2) is 0 Å². The molecule has 1 aliphatic carbocycles. The van der Waals surface area contributed by atoms with Crippen molar-refractivity contribution in [1.82, 2.24) is 9.62 Å². The summed E-state index contributed by atoms with van der Waals surface area (Å²) in [6.07, 6.45) is 1.32. The zero-order valence-electron chi connectivity index (χ0n) is 16.9. The summed E-state index contributed by atoms with van der Waals surface area (Å²) in [5.41, 5.74) is 2.17. The molecule has 2 fully saturated rings. The van der Waals surface area contributed by atoms with Gasteiger partial charge in [0.25, 0.3) is 0 Å². The molecular formula is C20H30N2O5S. The zero-order valence-corrected chi connectivity index (χ0v) is 17.8. The fourth-order valence-corrected chi connectivity index (χ4v) is 6.32. The van der Waals surface area contributed by atoms with E-state index in [4.69, 9.17) is 0 Å². The zero-order chi connectivity index (χ0) is 20.9. The molecule has 2 atom stereocenters. The minimum Gasteiger partial charge on any atom is -0.392 e. The molecule has 3 N–H and O–H groups in total. The molecule has 0 radical (unpaired) electrons. The van der Waals surface area contributed by atoms with Crippen molar-refractivity contribution >= 4 is 15.9 Å². The summed E-state index contributed by atoms with van der Waals surface area (Å²) in [6, 6.07) is 0.967. The van der Waals surface area contributed by atoms with Crippen molar-refractivity contribution in [1.29, 1.82) is 0 Å². The lowest BCUT2D eigenvalue weighted by Gasteiger charge is -2.37. The van der Waals surface area contributed by atoms with Gasteiger partial charge in [0, 0.05) is 19.5 Å². The van der Waals surface area contributed by atoms with Crippen LogP contribution in [0.5, 0.6) is 0 Å². The lowest BCUT2D eigenvalue weighted by atomic mass is 9.80. The summed E-state index contributed by atoms with van der Waals surface area (Å²) in [5.74, 6) is -0.472. The van der Waals surface area contributed by atoms with E-state index in [0.717, 1.165) is 21.9 Å². The third-order valence-electron chi connectivity index (χ3n) is 6.28. The third-order valence-corrected chi connectivity index (χ3v) is 8.43. The fraction of sp³-hybridized carbons (Fsp3) is 0.650. The van der Waals surface area contributed by atoms with E-state index < -0.39 is 33.7 Å². The highest BCUT2D eigenvalue weighted by molar-refractivity contribution is 7.89. The predicted octanol–water partition coefficient (Wildman–Crippen LogP) is 1.08. The molecule has 0 spiro atoms. The van der Waals surface area contributed by atoms with Crippen molar-refractivity contribution in [3.05, 3.63) is 28.3 Å². The quantitative estimate of drug-likeness (QED) is 0.673. The van der Waals surface area contributed by atoms with Gasteiger partial charge in [-0.05, 0) is 69.2 Å². The fourth-order valence-electron chi connectivity index (χ4n) is 4.10. The molecule has 2 aliphatic rings. The van der Waals surface area contributed by atoms with Gasteiger partial charge >= 0.3 is 0 Å². The van der Waals surface area contributed by atoms with E-state index in [9.17, 15) is 23.4 Å². The Labute approximate surface area is 166 Å². The van der Waals surface area contributed by atoms with Gasteiger partial charge in [0.05, 0.1) is 16.6 Å². The van der Waals surface area contributed by atoms with Crippen LogP contribution in [0.25, 0.3) is 0 Å². The Morgan fingerprint density at radius 2 is 1.79 bits per heavy atom. The standard InChI is InChI=1S/C20H30N2O5S/c1-12-8-13(2)15(4)18(14(12)3)28(26,27)22-10-16(23)9-17(22)19(24)21-11-20(25)6-5-7-20/h8,16-17,23,25H,5-7,9-11H2,1-4H3,(H,21,24)/t16-,17+/m1/s1. The first kappa shape index (κ1) is 21.2. The molecule has 0 unspecified atom stereocenters. The molecule has 28 heavy (non-hydrogen) atoms. The highest BCUT2D eigenvalue weighted by atomic mass is 32.2. The van der Waals surface area contributed by atoms with Crippen molar-refractivity contribution in [3.8, 4) is 0 Å². The number of aliphatic hydroxyl groups is 2. The first-order chi connectivity index (χ1) is 13.0. The minimum absolute atomic E-state index is 0.0480. The van der Waals surface area contributed by atoms with Crippen LogP contribution in [0.2, 0.25) is 0 Å². The van der Waals surface area contributed by atoms with E-state index in [0.29, 0.717) is 24.0 Å². The smallest absolute Gasteiger partial charge is 0.244 e. The first-order valence-electron chi connectivity index (χ1n) is 9.74. The van der Waals surface area contributed by atoms with Crippen LogP contribution in [0.15, 0.2) is 11.0 Å².